The van der Waals surface area contributed by atoms with Crippen LogP contribution < -0.4 is 17.0 Å². The summed E-state index contributed by atoms with van der Waals surface area (Å²) in [4.78, 5) is 61.6. The number of H-pyrrole nitrogens is 1. The minimum absolute atomic E-state index is 0.475. The first-order valence-electron chi connectivity index (χ1n) is 13.0. The topological polar surface area (TPSA) is 254 Å². The standard InChI is InChI=1S/C23H35FN3O16P/c1-13(2)40-20(31)35-11-38-44(34,39-12-36-21(32)41-14(3)4)37-10-23(9-24)17(42-16(29)8-25)22(5,33)18(43-23)27-7-6-15(28)26-19(27)30/h6-7,13-14,17-18,33H,8-12,25H2,1-5H3,(H,26,28,30)/p+1/t17-,18+,22+,23+/m0/s1. The van der Waals surface area contributed by atoms with Gasteiger partial charge in [0.05, 0.1) is 18.8 Å². The van der Waals surface area contributed by atoms with Crippen molar-refractivity contribution in [3.05, 3.63) is 33.1 Å². The number of esters is 1. The Morgan fingerprint density at radius 3 is 2.09 bits per heavy atom. The Kier molecular flexibility index (Phi) is 13.0. The molecule has 2 rings (SSSR count). The number of aromatic nitrogens is 2. The van der Waals surface area contributed by atoms with Crippen molar-refractivity contribution in [3.63, 3.8) is 0 Å². The van der Waals surface area contributed by atoms with Gasteiger partial charge in [0.25, 0.3) is 5.56 Å². The van der Waals surface area contributed by atoms with E-state index in [9.17, 15) is 38.0 Å². The average Bonchev–Trinajstić information content (AvgIpc) is 3.13. The summed E-state index contributed by atoms with van der Waals surface area (Å²) in [5.41, 5.74) is -3.40. The highest BCUT2D eigenvalue weighted by atomic mass is 31.2. The third-order valence-corrected chi connectivity index (χ3v) is 6.83. The van der Waals surface area contributed by atoms with Gasteiger partial charge in [-0.2, -0.15) is 0 Å². The molecule has 1 aliphatic heterocycles. The number of hydrogen-bond acceptors (Lipinski definition) is 16. The Morgan fingerprint density at radius 2 is 1.64 bits per heavy atom. The lowest BCUT2D eigenvalue weighted by Gasteiger charge is -2.34. The minimum atomic E-state index is -4.99. The van der Waals surface area contributed by atoms with Gasteiger partial charge in [-0.25, -0.2) is 37.2 Å². The largest absolute Gasteiger partial charge is 0.510 e. The van der Waals surface area contributed by atoms with E-state index < -0.39 is 107 Å². The molecule has 2 heterocycles. The molecule has 1 saturated heterocycles. The lowest BCUT2D eigenvalue weighted by atomic mass is 9.88. The normalized spacial score (nSPS) is 23.4. The highest BCUT2D eigenvalue weighted by Gasteiger charge is 2.65. The molecule has 1 aliphatic rings. The van der Waals surface area contributed by atoms with Gasteiger partial charge in [-0.3, -0.25) is 18.9 Å². The monoisotopic (exact) mass is 660 g/mol. The first-order chi connectivity index (χ1) is 20.5. The summed E-state index contributed by atoms with van der Waals surface area (Å²) in [6.07, 6.45) is -6.45. The Labute approximate surface area is 249 Å². The number of alkyl halides is 1. The number of nitrogens with one attached hydrogen (secondary N) is 1. The number of phosphoric ester groups is 1. The SMILES string of the molecule is CC(C)OC(=O)OCOP(=O)(OCOC(=O)OC(C)C)OC[C@@]1(CF)O[C@@H](n2ccc(=O)[nH]c2=O)[C@](C)(O)[C@@H]1OC(=O)C[NH3+]. The van der Waals surface area contributed by atoms with Gasteiger partial charge in [-0.1, -0.05) is 0 Å². The second-order valence-corrected chi connectivity index (χ2v) is 11.5. The van der Waals surface area contributed by atoms with Gasteiger partial charge in [0, 0.05) is 12.3 Å². The molecule has 0 spiro atoms. The number of aliphatic hydroxyl groups is 1. The second-order valence-electron chi connectivity index (χ2n) is 9.87. The number of quaternary nitrogens is 1. The number of carbonyl (C=O) groups is 3. The summed E-state index contributed by atoms with van der Waals surface area (Å²) >= 11 is 0. The van der Waals surface area contributed by atoms with Gasteiger partial charge in [0.15, 0.2) is 24.5 Å². The van der Waals surface area contributed by atoms with E-state index in [0.717, 1.165) is 19.2 Å². The smallest absolute Gasteiger partial charge is 0.452 e. The van der Waals surface area contributed by atoms with Crippen LogP contribution in [0.2, 0.25) is 0 Å². The molecular formula is C23H36FN3O16P+. The molecule has 0 bridgehead atoms. The maximum Gasteiger partial charge on any atom is 0.510 e. The summed E-state index contributed by atoms with van der Waals surface area (Å²) in [6.45, 7) is 1.68. The fraction of sp³-hybridized carbons (Fsp3) is 0.696. The lowest BCUT2D eigenvalue weighted by molar-refractivity contribution is -0.361. The van der Waals surface area contributed by atoms with Crippen LogP contribution in [-0.4, -0.2) is 95.9 Å². The van der Waals surface area contributed by atoms with Crippen LogP contribution in [0.25, 0.3) is 0 Å². The first-order valence-corrected chi connectivity index (χ1v) is 14.4. The zero-order chi connectivity index (χ0) is 33.3. The third kappa shape index (κ3) is 9.81. The number of carbonyl (C=O) groups excluding carboxylic acids is 3. The summed E-state index contributed by atoms with van der Waals surface area (Å²) < 4.78 is 73.8. The number of phosphoric acid groups is 1. The quantitative estimate of drug-likeness (QED) is 0.0958. The number of rotatable bonds is 15. The molecule has 0 aromatic carbocycles. The molecule has 0 unspecified atom stereocenters. The van der Waals surface area contributed by atoms with E-state index >= 15 is 0 Å². The van der Waals surface area contributed by atoms with E-state index in [2.05, 4.69) is 15.2 Å². The third-order valence-electron chi connectivity index (χ3n) is 5.54. The Morgan fingerprint density at radius 1 is 1.09 bits per heavy atom. The van der Waals surface area contributed by atoms with Crippen LogP contribution in [-0.2, 0) is 51.4 Å². The summed E-state index contributed by atoms with van der Waals surface area (Å²) in [5.74, 6) is -1.03. The highest BCUT2D eigenvalue weighted by molar-refractivity contribution is 7.48. The van der Waals surface area contributed by atoms with Crippen LogP contribution in [0.3, 0.4) is 0 Å². The Bertz CT molecular complexity index is 1280. The number of hydrogen-bond donors (Lipinski definition) is 3. The number of nitrogens with zero attached hydrogens (tertiary/aromatic N) is 1. The van der Waals surface area contributed by atoms with Crippen molar-refractivity contribution >= 4 is 26.1 Å². The second kappa shape index (κ2) is 15.6. The van der Waals surface area contributed by atoms with Crippen LogP contribution in [0, 0.1) is 0 Å². The number of aromatic amines is 1. The van der Waals surface area contributed by atoms with Crippen molar-refractivity contribution in [3.8, 4) is 0 Å². The van der Waals surface area contributed by atoms with Gasteiger partial charge in [-0.05, 0) is 34.6 Å². The van der Waals surface area contributed by atoms with E-state index in [0.29, 0.717) is 4.57 Å². The summed E-state index contributed by atoms with van der Waals surface area (Å²) in [6, 6.07) is 0.911. The molecule has 0 saturated carbocycles. The predicted molar refractivity (Wildman–Crippen MR) is 139 cm³/mol. The van der Waals surface area contributed by atoms with Crippen molar-refractivity contribution in [1.82, 2.24) is 9.55 Å². The van der Waals surface area contributed by atoms with Gasteiger partial charge in [0.1, 0.15) is 12.3 Å². The average molecular weight is 661 g/mol. The highest BCUT2D eigenvalue weighted by Crippen LogP contribution is 2.53. The molecule has 0 radical (unpaired) electrons. The maximum atomic E-state index is 14.9. The van der Waals surface area contributed by atoms with Gasteiger partial charge >= 0.3 is 31.8 Å². The van der Waals surface area contributed by atoms with Crippen molar-refractivity contribution in [2.45, 2.75) is 70.4 Å². The fourth-order valence-electron chi connectivity index (χ4n) is 3.71. The van der Waals surface area contributed by atoms with Crippen molar-refractivity contribution in [2.24, 2.45) is 0 Å². The van der Waals surface area contributed by atoms with Gasteiger partial charge in [0.2, 0.25) is 13.6 Å². The molecule has 44 heavy (non-hydrogen) atoms. The van der Waals surface area contributed by atoms with Crippen LogP contribution in [0.5, 0.6) is 0 Å². The van der Waals surface area contributed by atoms with Crippen LogP contribution in [0.4, 0.5) is 14.0 Å². The van der Waals surface area contributed by atoms with Crippen LogP contribution >= 0.6 is 7.82 Å². The van der Waals surface area contributed by atoms with Gasteiger partial charge in [-0.15, -0.1) is 0 Å². The molecule has 1 aromatic rings. The minimum Gasteiger partial charge on any atom is -0.452 e. The first kappa shape index (κ1) is 36.8. The Balaban J connectivity index is 2.39. The van der Waals surface area contributed by atoms with E-state index in [-0.39, 0.29) is 0 Å². The summed E-state index contributed by atoms with van der Waals surface area (Å²) in [5, 5.41) is 11.4. The van der Waals surface area contributed by atoms with E-state index in [1.54, 1.807) is 0 Å². The van der Waals surface area contributed by atoms with Crippen molar-refractivity contribution in [1.29, 1.82) is 0 Å². The molecule has 0 amide bonds. The van der Waals surface area contributed by atoms with E-state index in [4.69, 9.17) is 32.5 Å². The molecule has 1 fully saturated rings. The molecule has 21 heteroatoms. The number of halogens is 1. The van der Waals surface area contributed by atoms with E-state index in [1.807, 2.05) is 4.98 Å². The molecule has 4 atom stereocenters. The van der Waals surface area contributed by atoms with Crippen molar-refractivity contribution in [2.75, 3.05) is 33.4 Å². The zero-order valence-corrected chi connectivity index (χ0v) is 25.4. The fourth-order valence-corrected chi connectivity index (χ4v) is 4.68. The molecule has 5 N–H and O–H groups in total. The number of ether oxygens (including phenoxy) is 6. The van der Waals surface area contributed by atoms with Gasteiger partial charge < -0.3 is 39.3 Å². The molecule has 19 nitrogen and oxygen atoms in total. The molecule has 1 aromatic heterocycles. The van der Waals surface area contributed by atoms with Crippen LogP contribution in [0.1, 0.15) is 40.8 Å². The maximum absolute atomic E-state index is 14.9. The van der Waals surface area contributed by atoms with Crippen LogP contribution in [0.15, 0.2) is 21.9 Å². The van der Waals surface area contributed by atoms with E-state index in [1.165, 1.54) is 27.7 Å². The summed E-state index contributed by atoms with van der Waals surface area (Å²) in [7, 11) is -4.99. The molecular weight excluding hydrogens is 624 g/mol. The van der Waals surface area contributed by atoms with Crippen molar-refractivity contribution < 1.29 is 76.2 Å². The molecule has 250 valence electrons. The lowest BCUT2D eigenvalue weighted by Crippen LogP contribution is -2.60. The Hall–Kier alpha value is -3.39. The molecule has 0 aliphatic carbocycles. The predicted octanol–water partition coefficient (Wildman–Crippen LogP) is -0.125. The zero-order valence-electron chi connectivity index (χ0n) is 24.6.